The average molecular weight is 447 g/mol. The van der Waals surface area contributed by atoms with E-state index in [1.165, 1.54) is 0 Å². The Bertz CT molecular complexity index is 1270. The fourth-order valence-electron chi connectivity index (χ4n) is 4.05. The molecule has 0 unspecified atom stereocenters. The Labute approximate surface area is 191 Å². The number of ether oxygens (including phenoxy) is 1. The summed E-state index contributed by atoms with van der Waals surface area (Å²) in [5.41, 5.74) is 3.61. The lowest BCUT2D eigenvalue weighted by molar-refractivity contribution is 0.102. The minimum Gasteiger partial charge on any atom is -0.383 e. The maximum atomic E-state index is 12.9. The Balaban J connectivity index is 1.28. The van der Waals surface area contributed by atoms with Crippen molar-refractivity contribution >= 4 is 17.2 Å². The highest BCUT2D eigenvalue weighted by atomic mass is 16.5. The molecule has 5 rings (SSSR count). The van der Waals surface area contributed by atoms with E-state index in [0.717, 1.165) is 36.2 Å². The predicted octanol–water partition coefficient (Wildman–Crippen LogP) is 3.43. The fraction of sp³-hybridized carbons (Fsp3) is 0.333. The van der Waals surface area contributed by atoms with Crippen molar-refractivity contribution in [1.29, 1.82) is 0 Å². The molecule has 1 aliphatic rings. The van der Waals surface area contributed by atoms with E-state index in [0.29, 0.717) is 35.7 Å². The number of imidazole rings is 1. The molecule has 1 saturated carbocycles. The van der Waals surface area contributed by atoms with Crippen LogP contribution in [0.5, 0.6) is 0 Å². The SMILES string of the molecule is COCCN[C@H]1C[C@@H](c2nc(-c3ccc(C)c(NC(=O)c4cnc5ccccn45)c3)no2)C1. The smallest absolute Gasteiger partial charge is 0.274 e. The summed E-state index contributed by atoms with van der Waals surface area (Å²) in [4.78, 5) is 21.8. The summed E-state index contributed by atoms with van der Waals surface area (Å²) in [7, 11) is 1.70. The number of aryl methyl sites for hydroxylation is 1. The van der Waals surface area contributed by atoms with Crippen LogP contribution in [0.3, 0.4) is 0 Å². The van der Waals surface area contributed by atoms with Gasteiger partial charge in [0.05, 0.1) is 12.8 Å². The number of pyridine rings is 1. The number of nitrogens with zero attached hydrogens (tertiary/aromatic N) is 4. The van der Waals surface area contributed by atoms with Gasteiger partial charge in [0.2, 0.25) is 11.7 Å². The Morgan fingerprint density at radius 3 is 3.00 bits per heavy atom. The van der Waals surface area contributed by atoms with Crippen molar-refractivity contribution in [3.05, 3.63) is 65.9 Å². The van der Waals surface area contributed by atoms with E-state index in [2.05, 4.69) is 25.8 Å². The molecule has 0 saturated heterocycles. The van der Waals surface area contributed by atoms with Gasteiger partial charge in [-0.05, 0) is 43.5 Å². The molecule has 33 heavy (non-hydrogen) atoms. The molecule has 0 radical (unpaired) electrons. The van der Waals surface area contributed by atoms with Crippen molar-refractivity contribution in [3.63, 3.8) is 0 Å². The van der Waals surface area contributed by atoms with Crippen LogP contribution in [0.25, 0.3) is 17.0 Å². The lowest BCUT2D eigenvalue weighted by Crippen LogP contribution is -2.41. The van der Waals surface area contributed by atoms with E-state index in [4.69, 9.17) is 9.26 Å². The van der Waals surface area contributed by atoms with Gasteiger partial charge in [-0.3, -0.25) is 9.20 Å². The first-order chi connectivity index (χ1) is 16.1. The number of aromatic nitrogens is 4. The van der Waals surface area contributed by atoms with Crippen molar-refractivity contribution in [1.82, 2.24) is 24.8 Å². The number of anilines is 1. The minimum atomic E-state index is -0.232. The van der Waals surface area contributed by atoms with E-state index in [-0.39, 0.29) is 11.8 Å². The van der Waals surface area contributed by atoms with Crippen LogP contribution < -0.4 is 10.6 Å². The molecule has 4 aromatic rings. The number of benzene rings is 1. The van der Waals surface area contributed by atoms with E-state index in [9.17, 15) is 4.79 Å². The average Bonchev–Trinajstić information content (AvgIpc) is 3.44. The van der Waals surface area contributed by atoms with Gasteiger partial charge in [-0.2, -0.15) is 4.98 Å². The van der Waals surface area contributed by atoms with Crippen LogP contribution in [0.2, 0.25) is 0 Å². The molecule has 0 aliphatic heterocycles. The van der Waals surface area contributed by atoms with E-state index in [1.807, 2.05) is 49.5 Å². The molecule has 0 spiro atoms. The summed E-state index contributed by atoms with van der Waals surface area (Å²) in [6.07, 6.45) is 5.34. The minimum absolute atomic E-state index is 0.232. The topological polar surface area (TPSA) is 107 Å². The van der Waals surface area contributed by atoms with Gasteiger partial charge >= 0.3 is 0 Å². The number of rotatable bonds is 8. The monoisotopic (exact) mass is 446 g/mol. The third-order valence-electron chi connectivity index (χ3n) is 6.06. The van der Waals surface area contributed by atoms with Crippen LogP contribution in [0.15, 0.2) is 53.3 Å². The van der Waals surface area contributed by atoms with Crippen molar-refractivity contribution in [2.24, 2.45) is 0 Å². The zero-order valence-corrected chi connectivity index (χ0v) is 18.6. The number of nitrogens with one attached hydrogen (secondary N) is 2. The fourth-order valence-corrected chi connectivity index (χ4v) is 4.05. The van der Waals surface area contributed by atoms with Crippen molar-refractivity contribution in [2.45, 2.75) is 31.7 Å². The summed E-state index contributed by atoms with van der Waals surface area (Å²) in [6.45, 7) is 3.49. The molecule has 1 aromatic carbocycles. The maximum absolute atomic E-state index is 12.9. The Hall–Kier alpha value is -3.56. The molecule has 170 valence electrons. The summed E-state index contributed by atoms with van der Waals surface area (Å²) in [6, 6.07) is 11.8. The number of hydrogen-bond donors (Lipinski definition) is 2. The Morgan fingerprint density at radius 2 is 2.15 bits per heavy atom. The highest BCUT2D eigenvalue weighted by Crippen LogP contribution is 2.36. The number of carbonyl (C=O) groups excluding carboxylic acids is 1. The molecule has 3 heterocycles. The normalized spacial score (nSPS) is 17.8. The molecule has 2 N–H and O–H groups in total. The molecular weight excluding hydrogens is 420 g/mol. The number of fused-ring (bicyclic) bond motifs is 1. The molecule has 9 nitrogen and oxygen atoms in total. The van der Waals surface area contributed by atoms with Gasteiger partial charge in [0.15, 0.2) is 0 Å². The molecule has 1 fully saturated rings. The van der Waals surface area contributed by atoms with Gasteiger partial charge in [0, 0.05) is 43.1 Å². The van der Waals surface area contributed by atoms with Crippen LogP contribution in [-0.4, -0.2) is 51.7 Å². The first kappa shape index (κ1) is 21.3. The molecule has 1 amide bonds. The van der Waals surface area contributed by atoms with Gasteiger partial charge in [-0.15, -0.1) is 0 Å². The first-order valence-electron chi connectivity index (χ1n) is 11.0. The van der Waals surface area contributed by atoms with Crippen molar-refractivity contribution in [3.8, 4) is 11.4 Å². The summed E-state index contributed by atoms with van der Waals surface area (Å²) >= 11 is 0. The van der Waals surface area contributed by atoms with Crippen LogP contribution in [0.1, 0.15) is 40.7 Å². The molecule has 1 aliphatic carbocycles. The lowest BCUT2D eigenvalue weighted by Gasteiger charge is -2.33. The predicted molar refractivity (Wildman–Crippen MR) is 123 cm³/mol. The maximum Gasteiger partial charge on any atom is 0.274 e. The highest BCUT2D eigenvalue weighted by molar-refractivity contribution is 6.04. The lowest BCUT2D eigenvalue weighted by atomic mass is 9.80. The van der Waals surface area contributed by atoms with Gasteiger partial charge in [0.1, 0.15) is 11.3 Å². The number of methoxy groups -OCH3 is 1. The molecule has 9 heteroatoms. The highest BCUT2D eigenvalue weighted by Gasteiger charge is 2.34. The summed E-state index contributed by atoms with van der Waals surface area (Å²) in [5, 5.41) is 10.6. The van der Waals surface area contributed by atoms with Crippen molar-refractivity contribution < 1.29 is 14.1 Å². The van der Waals surface area contributed by atoms with Crippen molar-refractivity contribution in [2.75, 3.05) is 25.6 Å². The molecule has 0 bridgehead atoms. The second-order valence-electron chi connectivity index (χ2n) is 8.32. The van der Waals surface area contributed by atoms with E-state index in [1.54, 1.807) is 17.7 Å². The van der Waals surface area contributed by atoms with E-state index >= 15 is 0 Å². The second kappa shape index (κ2) is 9.13. The number of hydrogen-bond acceptors (Lipinski definition) is 7. The largest absolute Gasteiger partial charge is 0.383 e. The zero-order chi connectivity index (χ0) is 22.8. The van der Waals surface area contributed by atoms with Gasteiger partial charge < -0.3 is 19.9 Å². The molecular formula is C24H26N6O3. The van der Waals surface area contributed by atoms with Crippen LogP contribution in [0.4, 0.5) is 5.69 Å². The third-order valence-corrected chi connectivity index (χ3v) is 6.06. The van der Waals surface area contributed by atoms with E-state index < -0.39 is 0 Å². The van der Waals surface area contributed by atoms with Gasteiger partial charge in [0.25, 0.3) is 5.91 Å². The number of carbonyl (C=O) groups is 1. The quantitative estimate of drug-likeness (QED) is 0.399. The van der Waals surface area contributed by atoms with Crippen LogP contribution >= 0.6 is 0 Å². The van der Waals surface area contributed by atoms with Gasteiger partial charge in [-0.25, -0.2) is 4.98 Å². The second-order valence-corrected chi connectivity index (χ2v) is 8.32. The summed E-state index contributed by atoms with van der Waals surface area (Å²) < 4.78 is 12.4. The number of amides is 1. The van der Waals surface area contributed by atoms with Crippen LogP contribution in [0, 0.1) is 6.92 Å². The third kappa shape index (κ3) is 4.37. The molecule has 0 atom stereocenters. The Kier molecular flexibility index (Phi) is 5.89. The standard InChI is InChI=1S/C24H26N6O3/c1-15-6-7-16(22-28-24(33-29-22)17-11-18(12-17)25-8-10-32-2)13-19(15)27-23(31)20-14-26-21-5-3-4-9-30(20)21/h3-7,9,13-14,17-18,25H,8,10-12H2,1-2H3,(H,27,31)/t17-,18+. The van der Waals surface area contributed by atoms with Crippen LogP contribution in [-0.2, 0) is 4.74 Å². The Morgan fingerprint density at radius 1 is 1.27 bits per heavy atom. The van der Waals surface area contributed by atoms with Gasteiger partial charge in [-0.1, -0.05) is 23.4 Å². The first-order valence-corrected chi connectivity index (χ1v) is 11.0. The zero-order valence-electron chi connectivity index (χ0n) is 18.6. The summed E-state index contributed by atoms with van der Waals surface area (Å²) in [5.74, 6) is 1.22. The molecule has 3 aromatic heterocycles.